The Morgan fingerprint density at radius 3 is 2.63 bits per heavy atom. The summed E-state index contributed by atoms with van der Waals surface area (Å²) >= 11 is 5.65. The Balaban J connectivity index is 3.17. The summed E-state index contributed by atoms with van der Waals surface area (Å²) in [6, 6.07) is 3.86. The summed E-state index contributed by atoms with van der Waals surface area (Å²) in [6.45, 7) is 2.37. The Labute approximate surface area is 118 Å². The molecule has 7 heteroatoms. The van der Waals surface area contributed by atoms with Gasteiger partial charge in [-0.05, 0) is 17.7 Å². The molecular formula is C12H17ClFNO3S. The fourth-order valence-electron chi connectivity index (χ4n) is 1.61. The first-order valence-electron chi connectivity index (χ1n) is 5.80. The monoisotopic (exact) mass is 309 g/mol. The highest BCUT2D eigenvalue weighted by Crippen LogP contribution is 2.21. The molecule has 0 aliphatic rings. The lowest BCUT2D eigenvalue weighted by atomic mass is 10.2. The van der Waals surface area contributed by atoms with Gasteiger partial charge in [0.05, 0.1) is 6.61 Å². The quantitative estimate of drug-likeness (QED) is 0.726. The average Bonchev–Trinajstić information content (AvgIpc) is 2.39. The van der Waals surface area contributed by atoms with Crippen molar-refractivity contribution in [1.82, 2.24) is 4.31 Å². The van der Waals surface area contributed by atoms with Gasteiger partial charge in [-0.1, -0.05) is 13.0 Å². The lowest BCUT2D eigenvalue weighted by Gasteiger charge is -2.20. The van der Waals surface area contributed by atoms with Crippen molar-refractivity contribution in [2.24, 2.45) is 0 Å². The van der Waals surface area contributed by atoms with Crippen molar-refractivity contribution in [3.8, 4) is 0 Å². The lowest BCUT2D eigenvalue weighted by molar-refractivity contribution is 0.180. The van der Waals surface area contributed by atoms with E-state index >= 15 is 0 Å². The molecule has 0 N–H and O–H groups in total. The van der Waals surface area contributed by atoms with Crippen LogP contribution in [0.4, 0.5) is 4.39 Å². The number of alkyl halides is 1. The fourth-order valence-corrected chi connectivity index (χ4v) is 3.32. The second-order valence-corrected chi connectivity index (χ2v) is 6.06. The molecule has 108 valence electrons. The zero-order chi connectivity index (χ0) is 14.5. The maximum atomic E-state index is 13.7. The van der Waals surface area contributed by atoms with Crippen LogP contribution in [0, 0.1) is 5.82 Å². The maximum Gasteiger partial charge on any atom is 0.246 e. The first kappa shape index (κ1) is 16.4. The molecule has 1 rings (SSSR count). The van der Waals surface area contributed by atoms with Crippen LogP contribution in [-0.2, 0) is 20.6 Å². The molecule has 0 radical (unpaired) electrons. The van der Waals surface area contributed by atoms with Gasteiger partial charge in [0.15, 0.2) is 0 Å². The molecular weight excluding hydrogens is 293 g/mol. The van der Waals surface area contributed by atoms with E-state index in [0.29, 0.717) is 5.56 Å². The van der Waals surface area contributed by atoms with E-state index < -0.39 is 15.8 Å². The molecule has 1 aromatic carbocycles. The van der Waals surface area contributed by atoms with E-state index in [-0.39, 0.29) is 30.5 Å². The summed E-state index contributed by atoms with van der Waals surface area (Å²) in [4.78, 5) is -0.344. The second kappa shape index (κ2) is 7.19. The molecule has 1 aromatic rings. The van der Waals surface area contributed by atoms with E-state index in [1.54, 1.807) is 6.92 Å². The molecule has 19 heavy (non-hydrogen) atoms. The third-order valence-electron chi connectivity index (χ3n) is 2.67. The van der Waals surface area contributed by atoms with Crippen molar-refractivity contribution < 1.29 is 17.5 Å². The van der Waals surface area contributed by atoms with Crippen LogP contribution in [0.5, 0.6) is 0 Å². The molecule has 0 aromatic heterocycles. The van der Waals surface area contributed by atoms with Crippen molar-refractivity contribution in [2.75, 3.05) is 26.8 Å². The molecule has 0 bridgehead atoms. The second-order valence-electron chi connectivity index (χ2n) is 3.89. The highest BCUT2D eigenvalue weighted by molar-refractivity contribution is 7.89. The average molecular weight is 310 g/mol. The number of sulfonamides is 1. The largest absolute Gasteiger partial charge is 0.383 e. The Bertz CT molecular complexity index is 522. The Hall–Kier alpha value is -0.690. The molecule has 0 amide bonds. The smallest absolute Gasteiger partial charge is 0.246 e. The number of halogens is 2. The highest BCUT2D eigenvalue weighted by atomic mass is 35.5. The zero-order valence-electron chi connectivity index (χ0n) is 10.9. The van der Waals surface area contributed by atoms with Gasteiger partial charge in [0.1, 0.15) is 10.7 Å². The number of benzene rings is 1. The third kappa shape index (κ3) is 3.89. The molecule has 4 nitrogen and oxygen atoms in total. The van der Waals surface area contributed by atoms with Crippen LogP contribution in [0.15, 0.2) is 23.1 Å². The molecule has 0 unspecified atom stereocenters. The molecule has 0 fully saturated rings. The number of rotatable bonds is 7. The van der Waals surface area contributed by atoms with Crippen molar-refractivity contribution >= 4 is 21.6 Å². The number of hydrogen-bond acceptors (Lipinski definition) is 3. The van der Waals surface area contributed by atoms with Gasteiger partial charge in [0, 0.05) is 26.1 Å². The number of likely N-dealkylation sites (N-methyl/N-ethyl adjacent to an activating group) is 1. The van der Waals surface area contributed by atoms with Crippen LogP contribution in [0.1, 0.15) is 12.5 Å². The third-order valence-corrected chi connectivity index (χ3v) is 4.96. The van der Waals surface area contributed by atoms with E-state index in [2.05, 4.69) is 0 Å². The molecule has 0 spiro atoms. The van der Waals surface area contributed by atoms with Crippen LogP contribution in [0.3, 0.4) is 0 Å². The summed E-state index contributed by atoms with van der Waals surface area (Å²) < 4.78 is 44.5. The zero-order valence-corrected chi connectivity index (χ0v) is 12.5. The van der Waals surface area contributed by atoms with Crippen molar-refractivity contribution in [3.63, 3.8) is 0 Å². The first-order chi connectivity index (χ1) is 8.97. The van der Waals surface area contributed by atoms with E-state index in [9.17, 15) is 12.8 Å². The number of hydrogen-bond donors (Lipinski definition) is 0. The van der Waals surface area contributed by atoms with Crippen LogP contribution in [0.2, 0.25) is 0 Å². The van der Waals surface area contributed by atoms with E-state index in [0.717, 1.165) is 6.07 Å². The molecule has 0 aliphatic heterocycles. The summed E-state index contributed by atoms with van der Waals surface area (Å²) in [7, 11) is -2.39. The lowest BCUT2D eigenvalue weighted by Crippen LogP contribution is -2.34. The van der Waals surface area contributed by atoms with Gasteiger partial charge in [-0.15, -0.1) is 11.6 Å². The van der Waals surface area contributed by atoms with E-state index in [4.69, 9.17) is 16.3 Å². The van der Waals surface area contributed by atoms with Crippen molar-refractivity contribution in [2.45, 2.75) is 17.7 Å². The van der Waals surface area contributed by atoms with Gasteiger partial charge < -0.3 is 4.74 Å². The van der Waals surface area contributed by atoms with Gasteiger partial charge >= 0.3 is 0 Å². The number of methoxy groups -OCH3 is 1. The molecule has 0 heterocycles. The van der Waals surface area contributed by atoms with Gasteiger partial charge in [-0.2, -0.15) is 4.31 Å². The van der Waals surface area contributed by atoms with Crippen LogP contribution in [0.25, 0.3) is 0 Å². The summed E-state index contributed by atoms with van der Waals surface area (Å²) in [5, 5.41) is 0. The summed E-state index contributed by atoms with van der Waals surface area (Å²) in [5.41, 5.74) is 0.560. The number of nitrogens with zero attached hydrogens (tertiary/aromatic N) is 1. The van der Waals surface area contributed by atoms with Crippen molar-refractivity contribution in [1.29, 1.82) is 0 Å². The summed E-state index contributed by atoms with van der Waals surface area (Å²) in [5.74, 6) is -0.641. The summed E-state index contributed by atoms with van der Waals surface area (Å²) in [6.07, 6.45) is 0. The fraction of sp³-hybridized carbons (Fsp3) is 0.500. The van der Waals surface area contributed by atoms with Crippen LogP contribution in [-0.4, -0.2) is 39.5 Å². The van der Waals surface area contributed by atoms with Gasteiger partial charge in [0.2, 0.25) is 10.0 Å². The van der Waals surface area contributed by atoms with E-state index in [1.807, 2.05) is 0 Å². The highest BCUT2D eigenvalue weighted by Gasteiger charge is 2.26. The predicted octanol–water partition coefficient (Wildman–Crippen LogP) is 2.22. The Morgan fingerprint density at radius 2 is 2.11 bits per heavy atom. The Kier molecular flexibility index (Phi) is 6.19. The Morgan fingerprint density at radius 1 is 1.42 bits per heavy atom. The van der Waals surface area contributed by atoms with Gasteiger partial charge in [0.25, 0.3) is 0 Å². The van der Waals surface area contributed by atoms with Crippen molar-refractivity contribution in [3.05, 3.63) is 29.6 Å². The van der Waals surface area contributed by atoms with E-state index in [1.165, 1.54) is 23.5 Å². The standard InChI is InChI=1S/C12H17ClFNO3S/c1-3-15(6-7-18-2)19(16,17)12-8-10(9-13)4-5-11(12)14/h4-5,8H,3,6-7,9H2,1-2H3. The SMILES string of the molecule is CCN(CCOC)S(=O)(=O)c1cc(CCl)ccc1F. The maximum absolute atomic E-state index is 13.7. The minimum Gasteiger partial charge on any atom is -0.383 e. The van der Waals surface area contributed by atoms with Gasteiger partial charge in [-0.25, -0.2) is 12.8 Å². The van der Waals surface area contributed by atoms with Crippen LogP contribution < -0.4 is 0 Å². The molecule has 0 atom stereocenters. The minimum absolute atomic E-state index is 0.132. The number of ether oxygens (including phenoxy) is 1. The normalized spacial score (nSPS) is 12.1. The molecule has 0 saturated carbocycles. The first-order valence-corrected chi connectivity index (χ1v) is 7.78. The van der Waals surface area contributed by atoms with Gasteiger partial charge in [-0.3, -0.25) is 0 Å². The van der Waals surface area contributed by atoms with Crippen LogP contribution >= 0.6 is 11.6 Å². The predicted molar refractivity (Wildman–Crippen MR) is 72.3 cm³/mol. The molecule has 0 aliphatic carbocycles. The topological polar surface area (TPSA) is 46.6 Å². The minimum atomic E-state index is -3.87. The molecule has 0 saturated heterocycles.